The quantitative estimate of drug-likeness (QED) is 0.551. The molecule has 92 valence electrons. The highest BCUT2D eigenvalue weighted by Gasteiger charge is 2.04. The van der Waals surface area contributed by atoms with Crippen LogP contribution in [0.5, 0.6) is 0 Å². The largest absolute Gasteiger partial charge is 0.375 e. The monoisotopic (exact) mass is 231 g/mol. The van der Waals surface area contributed by atoms with Crippen molar-refractivity contribution >= 4 is 0 Å². The van der Waals surface area contributed by atoms with Crippen LogP contribution in [0.15, 0.2) is 24.3 Å². The third kappa shape index (κ3) is 5.04. The van der Waals surface area contributed by atoms with E-state index in [-0.39, 0.29) is 6.04 Å². The minimum atomic E-state index is 0.164. The maximum Gasteiger partial charge on any atom is 0.0717 e. The number of ether oxygens (including phenoxy) is 1. The lowest BCUT2D eigenvalue weighted by atomic mass is 10.1. The standard InChI is InChI=1S/C15H21NO/c1-5-14(3)16(4)9-10-17-12-15-8-6-7-13(2)11-15/h1,6-8,11,14H,9-10,12H2,2-4H3. The van der Waals surface area contributed by atoms with Crippen LogP contribution in [0, 0.1) is 19.3 Å². The van der Waals surface area contributed by atoms with Crippen LogP contribution in [0.4, 0.5) is 0 Å². The van der Waals surface area contributed by atoms with Crippen LogP contribution in [0.2, 0.25) is 0 Å². The smallest absolute Gasteiger partial charge is 0.0717 e. The van der Waals surface area contributed by atoms with Crippen molar-refractivity contribution in [1.82, 2.24) is 4.90 Å². The summed E-state index contributed by atoms with van der Waals surface area (Å²) in [6.07, 6.45) is 5.35. The van der Waals surface area contributed by atoms with Crippen molar-refractivity contribution in [3.05, 3.63) is 35.4 Å². The minimum Gasteiger partial charge on any atom is -0.375 e. The summed E-state index contributed by atoms with van der Waals surface area (Å²) in [4.78, 5) is 2.11. The molecule has 17 heavy (non-hydrogen) atoms. The van der Waals surface area contributed by atoms with E-state index < -0.39 is 0 Å². The molecule has 0 aliphatic carbocycles. The molecule has 0 radical (unpaired) electrons. The number of likely N-dealkylation sites (N-methyl/N-ethyl adjacent to an activating group) is 1. The number of hydrogen-bond donors (Lipinski definition) is 0. The van der Waals surface area contributed by atoms with Crippen LogP contribution < -0.4 is 0 Å². The fraction of sp³-hybridized carbons (Fsp3) is 0.467. The van der Waals surface area contributed by atoms with Crippen molar-refractivity contribution in [2.45, 2.75) is 26.5 Å². The molecule has 0 saturated heterocycles. The molecular weight excluding hydrogens is 210 g/mol. The Hall–Kier alpha value is -1.30. The predicted molar refractivity (Wildman–Crippen MR) is 71.8 cm³/mol. The van der Waals surface area contributed by atoms with Gasteiger partial charge in [-0.2, -0.15) is 0 Å². The summed E-state index contributed by atoms with van der Waals surface area (Å²) in [6, 6.07) is 8.54. The van der Waals surface area contributed by atoms with Gasteiger partial charge in [0.05, 0.1) is 19.3 Å². The van der Waals surface area contributed by atoms with Gasteiger partial charge in [0, 0.05) is 6.54 Å². The van der Waals surface area contributed by atoms with Crippen molar-refractivity contribution in [2.75, 3.05) is 20.2 Å². The zero-order valence-corrected chi connectivity index (χ0v) is 10.9. The summed E-state index contributed by atoms with van der Waals surface area (Å²) in [7, 11) is 2.01. The molecule has 1 atom stereocenters. The van der Waals surface area contributed by atoms with Crippen molar-refractivity contribution in [1.29, 1.82) is 0 Å². The first-order chi connectivity index (χ1) is 8.13. The number of nitrogens with zero attached hydrogens (tertiary/aromatic N) is 1. The highest BCUT2D eigenvalue weighted by Crippen LogP contribution is 2.05. The Morgan fingerprint density at radius 3 is 2.88 bits per heavy atom. The second-order valence-corrected chi connectivity index (χ2v) is 4.36. The van der Waals surface area contributed by atoms with Gasteiger partial charge < -0.3 is 4.74 Å². The van der Waals surface area contributed by atoms with Gasteiger partial charge in [-0.05, 0) is 26.5 Å². The van der Waals surface area contributed by atoms with Crippen LogP contribution in [-0.2, 0) is 11.3 Å². The second kappa shape index (κ2) is 7.11. The van der Waals surface area contributed by atoms with Gasteiger partial charge in [-0.3, -0.25) is 4.90 Å². The lowest BCUT2D eigenvalue weighted by molar-refractivity contribution is 0.0958. The number of benzene rings is 1. The molecule has 0 N–H and O–H groups in total. The zero-order chi connectivity index (χ0) is 12.7. The lowest BCUT2D eigenvalue weighted by Crippen LogP contribution is -2.30. The van der Waals surface area contributed by atoms with Gasteiger partial charge in [0.1, 0.15) is 0 Å². The van der Waals surface area contributed by atoms with Gasteiger partial charge in [-0.25, -0.2) is 0 Å². The lowest BCUT2D eigenvalue weighted by Gasteiger charge is -2.19. The molecule has 0 amide bonds. The van der Waals surface area contributed by atoms with E-state index in [4.69, 9.17) is 11.2 Å². The number of terminal acetylenes is 1. The minimum absolute atomic E-state index is 0.164. The van der Waals surface area contributed by atoms with Gasteiger partial charge in [0.15, 0.2) is 0 Å². The molecule has 1 aromatic rings. The Bertz CT molecular complexity index is 381. The maximum atomic E-state index is 5.63. The van der Waals surface area contributed by atoms with E-state index in [1.165, 1.54) is 11.1 Å². The zero-order valence-electron chi connectivity index (χ0n) is 10.9. The average molecular weight is 231 g/mol. The molecule has 0 aliphatic heterocycles. The first-order valence-electron chi connectivity index (χ1n) is 5.93. The van der Waals surface area contributed by atoms with Gasteiger partial charge in [0.25, 0.3) is 0 Å². The Morgan fingerprint density at radius 2 is 2.24 bits per heavy atom. The second-order valence-electron chi connectivity index (χ2n) is 4.36. The number of aryl methyl sites for hydroxylation is 1. The van der Waals surface area contributed by atoms with Crippen LogP contribution in [0.25, 0.3) is 0 Å². The first kappa shape index (κ1) is 13.8. The molecule has 0 aliphatic rings. The average Bonchev–Trinajstić information content (AvgIpc) is 2.33. The fourth-order valence-electron chi connectivity index (χ4n) is 1.52. The maximum absolute atomic E-state index is 5.63. The van der Waals surface area contributed by atoms with Gasteiger partial charge >= 0.3 is 0 Å². The van der Waals surface area contributed by atoms with Gasteiger partial charge in [-0.15, -0.1) is 6.42 Å². The molecule has 2 nitrogen and oxygen atoms in total. The molecule has 2 heteroatoms. The van der Waals surface area contributed by atoms with Crippen LogP contribution in [-0.4, -0.2) is 31.1 Å². The summed E-state index contributed by atoms with van der Waals surface area (Å²) >= 11 is 0. The molecule has 1 rings (SSSR count). The fourth-order valence-corrected chi connectivity index (χ4v) is 1.52. The Labute approximate surface area is 105 Å². The van der Waals surface area contributed by atoms with Crippen molar-refractivity contribution in [2.24, 2.45) is 0 Å². The summed E-state index contributed by atoms with van der Waals surface area (Å²) < 4.78 is 5.63. The Morgan fingerprint density at radius 1 is 1.47 bits per heavy atom. The third-order valence-corrected chi connectivity index (χ3v) is 2.84. The van der Waals surface area contributed by atoms with Gasteiger partial charge in [-0.1, -0.05) is 35.7 Å². The molecule has 0 bridgehead atoms. The summed E-state index contributed by atoms with van der Waals surface area (Å²) in [6.45, 7) is 6.33. The molecule has 0 aromatic heterocycles. The predicted octanol–water partition coefficient (Wildman–Crippen LogP) is 2.47. The number of hydrogen-bond acceptors (Lipinski definition) is 2. The normalized spacial score (nSPS) is 12.4. The summed E-state index contributed by atoms with van der Waals surface area (Å²) in [5, 5.41) is 0. The molecule has 0 fully saturated rings. The van der Waals surface area contributed by atoms with E-state index in [2.05, 4.69) is 42.0 Å². The van der Waals surface area contributed by atoms with Crippen LogP contribution in [0.1, 0.15) is 18.1 Å². The molecule has 1 aromatic carbocycles. The molecular formula is C15H21NO. The van der Waals surface area contributed by atoms with Crippen LogP contribution in [0.3, 0.4) is 0 Å². The van der Waals surface area contributed by atoms with E-state index in [0.717, 1.165) is 6.54 Å². The number of rotatable bonds is 6. The van der Waals surface area contributed by atoms with E-state index in [9.17, 15) is 0 Å². The molecule has 0 saturated carbocycles. The Kier molecular flexibility index (Phi) is 5.76. The highest BCUT2D eigenvalue weighted by molar-refractivity contribution is 5.21. The molecule has 1 unspecified atom stereocenters. The van der Waals surface area contributed by atoms with Crippen molar-refractivity contribution in [3.63, 3.8) is 0 Å². The molecule has 0 heterocycles. The van der Waals surface area contributed by atoms with E-state index >= 15 is 0 Å². The van der Waals surface area contributed by atoms with Crippen molar-refractivity contribution in [3.8, 4) is 12.3 Å². The summed E-state index contributed by atoms with van der Waals surface area (Å²) in [5.41, 5.74) is 2.49. The SMILES string of the molecule is C#CC(C)N(C)CCOCc1cccc(C)c1. The molecule has 0 spiro atoms. The van der Waals surface area contributed by atoms with Crippen LogP contribution >= 0.6 is 0 Å². The highest BCUT2D eigenvalue weighted by atomic mass is 16.5. The van der Waals surface area contributed by atoms with E-state index in [0.29, 0.717) is 13.2 Å². The van der Waals surface area contributed by atoms with Crippen molar-refractivity contribution < 1.29 is 4.74 Å². The summed E-state index contributed by atoms with van der Waals surface area (Å²) in [5.74, 6) is 2.70. The topological polar surface area (TPSA) is 12.5 Å². The van der Waals surface area contributed by atoms with E-state index in [1.54, 1.807) is 0 Å². The van der Waals surface area contributed by atoms with E-state index in [1.807, 2.05) is 14.0 Å². The van der Waals surface area contributed by atoms with Gasteiger partial charge in [0.2, 0.25) is 0 Å². The Balaban J connectivity index is 2.23. The first-order valence-corrected chi connectivity index (χ1v) is 5.93. The third-order valence-electron chi connectivity index (χ3n) is 2.84.